The van der Waals surface area contributed by atoms with E-state index in [1.807, 2.05) is 53.5 Å². The fourth-order valence-electron chi connectivity index (χ4n) is 2.09. The first-order valence-corrected chi connectivity index (χ1v) is 6.55. The summed E-state index contributed by atoms with van der Waals surface area (Å²) in [6.07, 6.45) is 10.9. The molecule has 1 aromatic carbocycles. The Morgan fingerprint density at radius 3 is 2.44 bits per heavy atom. The van der Waals surface area contributed by atoms with E-state index in [1.54, 1.807) is 6.08 Å². The van der Waals surface area contributed by atoms with Crippen LogP contribution in [0.25, 0.3) is 6.08 Å². The van der Waals surface area contributed by atoms with Crippen molar-refractivity contribution in [3.8, 4) is 0 Å². The highest BCUT2D eigenvalue weighted by molar-refractivity contribution is 5.88. The van der Waals surface area contributed by atoms with Gasteiger partial charge in [0.2, 0.25) is 5.91 Å². The molecule has 1 amide bonds. The standard InChI is InChI=1S/C16H19NO/c18-16(17-13-7-2-8-14-17)12-6-5-11-15-9-3-1-4-10-15/h1,3-6,9-12H,2,7-8,13-14H2/b11-5+,12-6-. The zero-order chi connectivity index (χ0) is 12.6. The van der Waals surface area contributed by atoms with E-state index < -0.39 is 0 Å². The minimum absolute atomic E-state index is 0.132. The van der Waals surface area contributed by atoms with E-state index >= 15 is 0 Å². The van der Waals surface area contributed by atoms with E-state index in [0.29, 0.717) is 0 Å². The van der Waals surface area contributed by atoms with Crippen molar-refractivity contribution < 1.29 is 4.79 Å². The van der Waals surface area contributed by atoms with Crippen LogP contribution in [0.1, 0.15) is 24.8 Å². The second-order valence-corrected chi connectivity index (χ2v) is 4.51. The van der Waals surface area contributed by atoms with Gasteiger partial charge >= 0.3 is 0 Å². The van der Waals surface area contributed by atoms with Gasteiger partial charge in [0.25, 0.3) is 0 Å². The maximum Gasteiger partial charge on any atom is 0.246 e. The molecule has 0 spiro atoms. The number of carbonyl (C=O) groups is 1. The maximum absolute atomic E-state index is 11.8. The summed E-state index contributed by atoms with van der Waals surface area (Å²) in [4.78, 5) is 13.7. The van der Waals surface area contributed by atoms with Crippen LogP contribution < -0.4 is 0 Å². The summed E-state index contributed by atoms with van der Waals surface area (Å²) in [5.41, 5.74) is 1.15. The molecule has 0 N–H and O–H groups in total. The van der Waals surface area contributed by atoms with Gasteiger partial charge in [-0.25, -0.2) is 0 Å². The van der Waals surface area contributed by atoms with Gasteiger partial charge in [-0.3, -0.25) is 4.79 Å². The third-order valence-electron chi connectivity index (χ3n) is 3.11. The van der Waals surface area contributed by atoms with Crippen LogP contribution in [0.3, 0.4) is 0 Å². The molecule has 2 rings (SSSR count). The highest BCUT2D eigenvalue weighted by Crippen LogP contribution is 2.09. The van der Waals surface area contributed by atoms with Gasteiger partial charge in [-0.1, -0.05) is 48.6 Å². The van der Waals surface area contributed by atoms with Gasteiger partial charge in [0, 0.05) is 19.2 Å². The molecule has 1 saturated heterocycles. The second kappa shape index (κ2) is 6.80. The SMILES string of the molecule is O=C(/C=C\C=C\c1ccccc1)N1CCCCC1. The summed E-state index contributed by atoms with van der Waals surface area (Å²) in [5.74, 6) is 0.132. The van der Waals surface area contributed by atoms with Crippen molar-refractivity contribution in [1.29, 1.82) is 0 Å². The van der Waals surface area contributed by atoms with Crippen LogP contribution in [0.5, 0.6) is 0 Å². The lowest BCUT2D eigenvalue weighted by Crippen LogP contribution is -2.34. The fraction of sp³-hybridized carbons (Fsp3) is 0.312. The highest BCUT2D eigenvalue weighted by atomic mass is 16.2. The van der Waals surface area contributed by atoms with Crippen molar-refractivity contribution in [3.05, 3.63) is 54.1 Å². The molecule has 2 heteroatoms. The van der Waals surface area contributed by atoms with E-state index in [1.165, 1.54) is 6.42 Å². The van der Waals surface area contributed by atoms with Crippen molar-refractivity contribution in [2.45, 2.75) is 19.3 Å². The molecule has 0 bridgehead atoms. The topological polar surface area (TPSA) is 20.3 Å². The fourth-order valence-corrected chi connectivity index (χ4v) is 2.09. The smallest absolute Gasteiger partial charge is 0.246 e. The van der Waals surface area contributed by atoms with Gasteiger partial charge in [0.1, 0.15) is 0 Å². The van der Waals surface area contributed by atoms with E-state index in [2.05, 4.69) is 0 Å². The Morgan fingerprint density at radius 1 is 1.00 bits per heavy atom. The molecule has 1 aliphatic rings. The molecular weight excluding hydrogens is 222 g/mol. The Kier molecular flexibility index (Phi) is 4.77. The van der Waals surface area contributed by atoms with Gasteiger partial charge in [-0.15, -0.1) is 0 Å². The number of rotatable bonds is 3. The molecule has 0 atom stereocenters. The molecule has 1 fully saturated rings. The van der Waals surface area contributed by atoms with E-state index in [-0.39, 0.29) is 5.91 Å². The van der Waals surface area contributed by atoms with Crippen molar-refractivity contribution >= 4 is 12.0 Å². The molecule has 0 radical (unpaired) electrons. The lowest BCUT2D eigenvalue weighted by atomic mass is 10.1. The minimum atomic E-state index is 0.132. The van der Waals surface area contributed by atoms with Crippen LogP contribution in [-0.4, -0.2) is 23.9 Å². The number of piperidine rings is 1. The summed E-state index contributed by atoms with van der Waals surface area (Å²) in [5, 5.41) is 0. The van der Waals surface area contributed by atoms with E-state index in [4.69, 9.17) is 0 Å². The molecule has 0 unspecified atom stereocenters. The zero-order valence-corrected chi connectivity index (χ0v) is 10.6. The van der Waals surface area contributed by atoms with E-state index in [9.17, 15) is 4.79 Å². The van der Waals surface area contributed by atoms with Crippen molar-refractivity contribution in [3.63, 3.8) is 0 Å². The van der Waals surface area contributed by atoms with Crippen molar-refractivity contribution in [2.75, 3.05) is 13.1 Å². The Labute approximate surface area is 109 Å². The summed E-state index contributed by atoms with van der Waals surface area (Å²) < 4.78 is 0. The molecule has 94 valence electrons. The average molecular weight is 241 g/mol. The molecule has 1 aromatic rings. The number of likely N-dealkylation sites (tertiary alicyclic amines) is 1. The molecule has 2 nitrogen and oxygen atoms in total. The normalized spacial score (nSPS) is 16.6. The third kappa shape index (κ3) is 3.88. The van der Waals surface area contributed by atoms with Crippen molar-refractivity contribution in [2.24, 2.45) is 0 Å². The molecule has 0 saturated carbocycles. The third-order valence-corrected chi connectivity index (χ3v) is 3.11. The number of hydrogen-bond donors (Lipinski definition) is 0. The summed E-state index contributed by atoms with van der Waals surface area (Å²) >= 11 is 0. The first-order chi connectivity index (χ1) is 8.86. The van der Waals surface area contributed by atoms with Gasteiger partial charge in [0.05, 0.1) is 0 Å². The molecule has 18 heavy (non-hydrogen) atoms. The Balaban J connectivity index is 1.83. The summed E-state index contributed by atoms with van der Waals surface area (Å²) in [6, 6.07) is 10.1. The predicted octanol–water partition coefficient (Wildman–Crippen LogP) is 3.27. The number of hydrogen-bond acceptors (Lipinski definition) is 1. The Bertz CT molecular complexity index is 428. The largest absolute Gasteiger partial charge is 0.339 e. The van der Waals surface area contributed by atoms with Crippen LogP contribution in [-0.2, 0) is 4.79 Å². The molecule has 0 aromatic heterocycles. The van der Waals surface area contributed by atoms with Crippen molar-refractivity contribution in [1.82, 2.24) is 4.90 Å². The lowest BCUT2D eigenvalue weighted by Gasteiger charge is -2.25. The summed E-state index contributed by atoms with van der Waals surface area (Å²) in [7, 11) is 0. The zero-order valence-electron chi connectivity index (χ0n) is 10.6. The minimum Gasteiger partial charge on any atom is -0.339 e. The van der Waals surface area contributed by atoms with Crippen LogP contribution in [0, 0.1) is 0 Å². The maximum atomic E-state index is 11.8. The quantitative estimate of drug-likeness (QED) is 0.587. The van der Waals surface area contributed by atoms with Gasteiger partial charge in [0.15, 0.2) is 0 Å². The Hall–Kier alpha value is -1.83. The average Bonchev–Trinajstić information content (AvgIpc) is 2.45. The van der Waals surface area contributed by atoms with Crippen LogP contribution in [0.2, 0.25) is 0 Å². The number of allylic oxidation sites excluding steroid dienone is 2. The van der Waals surface area contributed by atoms with E-state index in [0.717, 1.165) is 31.5 Å². The van der Waals surface area contributed by atoms with Crippen LogP contribution in [0.15, 0.2) is 48.6 Å². The lowest BCUT2D eigenvalue weighted by molar-refractivity contribution is -0.126. The number of benzene rings is 1. The highest BCUT2D eigenvalue weighted by Gasteiger charge is 2.12. The first-order valence-electron chi connectivity index (χ1n) is 6.55. The molecule has 0 aliphatic carbocycles. The Morgan fingerprint density at radius 2 is 1.72 bits per heavy atom. The van der Waals surface area contributed by atoms with Gasteiger partial charge < -0.3 is 4.90 Å². The number of nitrogens with zero attached hydrogens (tertiary/aromatic N) is 1. The second-order valence-electron chi connectivity index (χ2n) is 4.51. The molecule has 1 heterocycles. The van der Waals surface area contributed by atoms with Crippen LogP contribution >= 0.6 is 0 Å². The number of carbonyl (C=O) groups excluding carboxylic acids is 1. The molecule has 1 aliphatic heterocycles. The number of amides is 1. The predicted molar refractivity (Wildman–Crippen MR) is 75.0 cm³/mol. The summed E-state index contributed by atoms with van der Waals surface area (Å²) in [6.45, 7) is 1.82. The monoisotopic (exact) mass is 241 g/mol. The van der Waals surface area contributed by atoms with Crippen LogP contribution in [0.4, 0.5) is 0 Å². The van der Waals surface area contributed by atoms with Gasteiger partial charge in [-0.2, -0.15) is 0 Å². The van der Waals surface area contributed by atoms with Gasteiger partial charge in [-0.05, 0) is 24.8 Å². The molecular formula is C16H19NO. The first kappa shape index (κ1) is 12.6.